The van der Waals surface area contributed by atoms with Crippen molar-refractivity contribution < 1.29 is 28.7 Å². The van der Waals surface area contributed by atoms with Gasteiger partial charge in [-0.05, 0) is 85.4 Å². The van der Waals surface area contributed by atoms with Crippen molar-refractivity contribution in [2.24, 2.45) is 0 Å². The van der Waals surface area contributed by atoms with Gasteiger partial charge in [-0.3, -0.25) is 19.2 Å². The molecule has 2 aromatic heterocycles. The molecule has 0 spiro atoms. The Labute approximate surface area is 408 Å². The lowest BCUT2D eigenvalue weighted by molar-refractivity contribution is -0.137. The Morgan fingerprint density at radius 2 is 1.13 bits per heavy atom. The van der Waals surface area contributed by atoms with Gasteiger partial charge in [0.1, 0.15) is 48.4 Å². The molecule has 1 saturated carbocycles. The Hall–Kier alpha value is -7.22. The van der Waals surface area contributed by atoms with Gasteiger partial charge in [0, 0.05) is 59.3 Å². The minimum Gasteiger partial charge on any atom is -0.488 e. The number of H-pyrrole nitrogens is 2. The predicted octanol–water partition coefficient (Wildman–Crippen LogP) is 9.83. The van der Waals surface area contributed by atoms with E-state index in [1.807, 2.05) is 77.6 Å². The van der Waals surface area contributed by atoms with E-state index in [0.717, 1.165) is 106 Å². The Morgan fingerprint density at radius 1 is 0.614 bits per heavy atom. The van der Waals surface area contributed by atoms with Crippen molar-refractivity contribution in [2.75, 3.05) is 13.1 Å². The van der Waals surface area contributed by atoms with Gasteiger partial charge in [0.15, 0.2) is 0 Å². The van der Waals surface area contributed by atoms with Gasteiger partial charge in [0.25, 0.3) is 0 Å². The second kappa shape index (κ2) is 19.3. The molecule has 14 nitrogen and oxygen atoms in total. The van der Waals surface area contributed by atoms with E-state index in [4.69, 9.17) is 19.4 Å². The number of rotatable bonds is 13. The fourth-order valence-electron chi connectivity index (χ4n) is 11.4. The molecule has 0 bridgehead atoms. The molecule has 4 aliphatic heterocycles. The molecule has 11 rings (SSSR count). The number of nitrogens with zero attached hydrogens (tertiary/aromatic N) is 4. The van der Waals surface area contributed by atoms with E-state index < -0.39 is 12.1 Å². The Bertz CT molecular complexity index is 2910. The third-order valence-electron chi connectivity index (χ3n) is 15.1. The molecule has 70 heavy (non-hydrogen) atoms. The summed E-state index contributed by atoms with van der Waals surface area (Å²) in [4.78, 5) is 74.8. The van der Waals surface area contributed by atoms with Crippen LogP contribution in [0.3, 0.4) is 0 Å². The lowest BCUT2D eigenvalue weighted by Crippen LogP contribution is -2.42. The monoisotopic (exact) mass is 940 g/mol. The van der Waals surface area contributed by atoms with E-state index in [2.05, 4.69) is 50.9 Å². The van der Waals surface area contributed by atoms with Gasteiger partial charge in [0.05, 0.1) is 35.9 Å². The molecule has 1 aliphatic carbocycles. The van der Waals surface area contributed by atoms with Gasteiger partial charge in [-0.25, -0.2) is 9.97 Å². The number of likely N-dealkylation sites (tertiary alicyclic amines) is 2. The Balaban J connectivity index is 0.816. The maximum atomic E-state index is 14.6. The van der Waals surface area contributed by atoms with Crippen molar-refractivity contribution in [1.82, 2.24) is 40.4 Å². The van der Waals surface area contributed by atoms with Crippen LogP contribution in [-0.4, -0.2) is 66.5 Å². The van der Waals surface area contributed by atoms with Gasteiger partial charge in [-0.1, -0.05) is 87.7 Å². The standard InChI is InChI=1S/C56H60N8O6/c1-3-47(65)61-51(34-16-9-6-10-17-34)55(67)63-22-12-20-43(63)53-57-29-41(59-53)37-25-39-31-70-46-28-38(26-40-32-69-45(27-37)49(39)50(40)46)42-30-58-54(60-42)44-21-13-23-64(44)56(68)52(62-48(66)4-2)36-19-11-18-35(24-36)33-14-7-5-8-15-33/h6,9-11,16-19,24-30,33,43-44,51-52H,3-5,7-8,12-15,20-23,31-32H2,1-2H3,(H,57,59)(H,58,60)(H,61,65)(H,62,66)/t43-,44-,51+,52+/m0/s1. The Kier molecular flexibility index (Phi) is 12.5. The smallest absolute Gasteiger partial charge is 0.250 e. The van der Waals surface area contributed by atoms with Crippen molar-refractivity contribution >= 4 is 23.6 Å². The average Bonchev–Trinajstić information content (AvgIpc) is 4.27. The van der Waals surface area contributed by atoms with Crippen LogP contribution in [0, 0.1) is 0 Å². The van der Waals surface area contributed by atoms with E-state index in [0.29, 0.717) is 50.3 Å². The molecular weight excluding hydrogens is 881 g/mol. The quantitative estimate of drug-likeness (QED) is 0.0885. The third kappa shape index (κ3) is 8.62. The molecule has 6 heterocycles. The first kappa shape index (κ1) is 45.2. The number of hydrogen-bond acceptors (Lipinski definition) is 8. The van der Waals surface area contributed by atoms with Gasteiger partial charge in [0.2, 0.25) is 23.6 Å². The fraction of sp³-hybridized carbons (Fsp3) is 0.393. The van der Waals surface area contributed by atoms with Crippen molar-refractivity contribution in [3.8, 4) is 45.1 Å². The topological polar surface area (TPSA) is 175 Å². The molecule has 0 unspecified atom stereocenters. The molecule has 0 radical (unpaired) electrons. The first-order valence-corrected chi connectivity index (χ1v) is 25.3. The van der Waals surface area contributed by atoms with Crippen molar-refractivity contribution in [1.29, 1.82) is 0 Å². The van der Waals surface area contributed by atoms with E-state index in [1.165, 1.54) is 24.8 Å². The molecule has 360 valence electrons. The molecular formula is C56H60N8O6. The number of aromatic nitrogens is 4. The zero-order chi connectivity index (χ0) is 47.9. The fourth-order valence-corrected chi connectivity index (χ4v) is 11.4. The summed E-state index contributed by atoms with van der Waals surface area (Å²) >= 11 is 0. The zero-order valence-electron chi connectivity index (χ0n) is 39.9. The summed E-state index contributed by atoms with van der Waals surface area (Å²) in [5, 5.41) is 6.03. The SMILES string of the molecule is CCC(=O)N[C@@H](C(=O)N1CCC[C@H]1c1ncc(-c2cc3c4c(c2)OCc2cc(-c5cnc([C@@H]6CCCN6C(=O)[C@H](NC(=O)CC)c6cccc(C7CCCCC7)c6)[nH]5)cc(c2-4)OC3)[nH]1)c1ccccc1. The number of hydrogen-bond donors (Lipinski definition) is 4. The van der Waals surface area contributed by atoms with E-state index in [9.17, 15) is 19.2 Å². The minimum atomic E-state index is -0.781. The molecule has 4 atom stereocenters. The highest BCUT2D eigenvalue weighted by Crippen LogP contribution is 2.51. The summed E-state index contributed by atoms with van der Waals surface area (Å²) in [6.07, 6.45) is 13.4. The van der Waals surface area contributed by atoms with Crippen molar-refractivity contribution in [2.45, 2.75) is 128 Å². The third-order valence-corrected chi connectivity index (χ3v) is 15.1. The molecule has 5 aliphatic rings. The van der Waals surface area contributed by atoms with Gasteiger partial charge < -0.3 is 39.9 Å². The number of imidazole rings is 2. The lowest BCUT2D eigenvalue weighted by Gasteiger charge is -2.30. The number of aromatic amines is 2. The normalized spacial score (nSPS) is 19.2. The Morgan fingerprint density at radius 3 is 1.66 bits per heavy atom. The largest absolute Gasteiger partial charge is 0.488 e. The average molecular weight is 941 g/mol. The van der Waals surface area contributed by atoms with E-state index >= 15 is 0 Å². The molecule has 3 fully saturated rings. The molecule has 4 amide bonds. The summed E-state index contributed by atoms with van der Waals surface area (Å²) in [6, 6.07) is 24.0. The maximum absolute atomic E-state index is 14.6. The summed E-state index contributed by atoms with van der Waals surface area (Å²) in [6.45, 7) is 5.44. The second-order valence-electron chi connectivity index (χ2n) is 19.5. The summed E-state index contributed by atoms with van der Waals surface area (Å²) in [5.41, 5.74) is 10.3. The highest BCUT2D eigenvalue weighted by atomic mass is 16.5. The zero-order valence-corrected chi connectivity index (χ0v) is 39.9. The second-order valence-corrected chi connectivity index (χ2v) is 19.5. The highest BCUT2D eigenvalue weighted by molar-refractivity contribution is 5.91. The first-order chi connectivity index (χ1) is 34.2. The van der Waals surface area contributed by atoms with Crippen molar-refractivity contribution in [3.63, 3.8) is 0 Å². The predicted molar refractivity (Wildman–Crippen MR) is 264 cm³/mol. The van der Waals surface area contributed by atoms with Gasteiger partial charge in [-0.2, -0.15) is 0 Å². The molecule has 2 saturated heterocycles. The molecule has 4 aromatic carbocycles. The van der Waals surface area contributed by atoms with Gasteiger partial charge in [-0.15, -0.1) is 0 Å². The number of carbonyl (C=O) groups is 4. The number of ether oxygens (including phenoxy) is 2. The van der Waals surface area contributed by atoms with Crippen LogP contribution in [0.15, 0.2) is 91.3 Å². The molecule has 4 N–H and O–H groups in total. The molecule has 14 heteroatoms. The van der Waals surface area contributed by atoms with Crippen LogP contribution < -0.4 is 20.1 Å². The van der Waals surface area contributed by atoms with Crippen LogP contribution in [-0.2, 0) is 32.4 Å². The summed E-state index contributed by atoms with van der Waals surface area (Å²) in [7, 11) is 0. The summed E-state index contributed by atoms with van der Waals surface area (Å²) in [5.74, 6) is 2.84. The van der Waals surface area contributed by atoms with Crippen LogP contribution in [0.2, 0.25) is 0 Å². The van der Waals surface area contributed by atoms with Crippen LogP contribution >= 0.6 is 0 Å². The van der Waals surface area contributed by atoms with Crippen LogP contribution in [0.25, 0.3) is 33.6 Å². The number of carbonyl (C=O) groups excluding carboxylic acids is 4. The number of amides is 4. The van der Waals surface area contributed by atoms with Gasteiger partial charge >= 0.3 is 0 Å². The van der Waals surface area contributed by atoms with Crippen molar-refractivity contribution in [3.05, 3.63) is 131 Å². The van der Waals surface area contributed by atoms with E-state index in [-0.39, 0.29) is 42.1 Å². The maximum Gasteiger partial charge on any atom is 0.250 e. The van der Waals surface area contributed by atoms with Crippen LogP contribution in [0.5, 0.6) is 11.5 Å². The van der Waals surface area contributed by atoms with Crippen LogP contribution in [0.4, 0.5) is 0 Å². The molecule has 6 aromatic rings. The highest BCUT2D eigenvalue weighted by Gasteiger charge is 2.39. The van der Waals surface area contributed by atoms with Crippen LogP contribution in [0.1, 0.15) is 154 Å². The number of benzene rings is 4. The number of nitrogens with one attached hydrogen (secondary N) is 4. The van der Waals surface area contributed by atoms with E-state index in [1.54, 1.807) is 6.92 Å². The lowest BCUT2D eigenvalue weighted by atomic mass is 9.83. The first-order valence-electron chi connectivity index (χ1n) is 25.3. The minimum absolute atomic E-state index is 0.114. The summed E-state index contributed by atoms with van der Waals surface area (Å²) < 4.78 is 13.1.